The van der Waals surface area contributed by atoms with Crippen LogP contribution in [0.2, 0.25) is 5.02 Å². The van der Waals surface area contributed by atoms with Gasteiger partial charge in [-0.05, 0) is 55.5 Å². The van der Waals surface area contributed by atoms with Crippen LogP contribution in [-0.2, 0) is 4.74 Å². The number of anilines is 3. The zero-order valence-electron chi connectivity index (χ0n) is 15.1. The second-order valence-electron chi connectivity index (χ2n) is 5.78. The van der Waals surface area contributed by atoms with Crippen LogP contribution in [0.3, 0.4) is 0 Å². The highest BCUT2D eigenvalue weighted by Gasteiger charge is 2.15. The van der Waals surface area contributed by atoms with Gasteiger partial charge >= 0.3 is 5.97 Å². The summed E-state index contributed by atoms with van der Waals surface area (Å²) in [6.45, 7) is 1.98. The van der Waals surface area contributed by atoms with Crippen molar-refractivity contribution in [1.29, 1.82) is 0 Å². The SMILES string of the molecule is CCOC(=O)c1ccccc1NC(=O)c1ccnc(Nc2ccc(Cl)cc2)c1. The fraction of sp³-hybridized carbons (Fsp3) is 0.0952. The number of halogens is 1. The highest BCUT2D eigenvalue weighted by atomic mass is 35.5. The fourth-order valence-electron chi connectivity index (χ4n) is 2.49. The molecule has 0 aliphatic heterocycles. The van der Waals surface area contributed by atoms with Crippen molar-refractivity contribution >= 4 is 40.7 Å². The van der Waals surface area contributed by atoms with E-state index in [1.807, 2.05) is 12.1 Å². The van der Waals surface area contributed by atoms with E-state index in [1.54, 1.807) is 55.5 Å². The van der Waals surface area contributed by atoms with E-state index in [9.17, 15) is 9.59 Å². The molecule has 0 spiro atoms. The molecule has 0 saturated carbocycles. The lowest BCUT2D eigenvalue weighted by Crippen LogP contribution is -2.16. The Morgan fingerprint density at radius 2 is 1.82 bits per heavy atom. The maximum Gasteiger partial charge on any atom is 0.340 e. The van der Waals surface area contributed by atoms with Crippen molar-refractivity contribution in [2.24, 2.45) is 0 Å². The summed E-state index contributed by atoms with van der Waals surface area (Å²) in [7, 11) is 0. The van der Waals surface area contributed by atoms with Crippen molar-refractivity contribution < 1.29 is 14.3 Å². The van der Waals surface area contributed by atoms with E-state index in [4.69, 9.17) is 16.3 Å². The highest BCUT2D eigenvalue weighted by molar-refractivity contribution is 6.30. The smallest absolute Gasteiger partial charge is 0.340 e. The molecule has 0 radical (unpaired) electrons. The van der Waals surface area contributed by atoms with Crippen LogP contribution in [0, 0.1) is 0 Å². The highest BCUT2D eigenvalue weighted by Crippen LogP contribution is 2.20. The van der Waals surface area contributed by atoms with Crippen LogP contribution in [0.15, 0.2) is 66.9 Å². The molecule has 1 heterocycles. The Morgan fingerprint density at radius 1 is 1.07 bits per heavy atom. The number of nitrogens with one attached hydrogen (secondary N) is 2. The molecule has 3 aromatic rings. The lowest BCUT2D eigenvalue weighted by atomic mass is 10.1. The normalized spacial score (nSPS) is 10.2. The number of rotatable bonds is 6. The van der Waals surface area contributed by atoms with Gasteiger partial charge in [0.2, 0.25) is 0 Å². The van der Waals surface area contributed by atoms with Gasteiger partial charge in [0, 0.05) is 22.5 Å². The lowest BCUT2D eigenvalue weighted by molar-refractivity contribution is 0.0527. The molecule has 2 aromatic carbocycles. The van der Waals surface area contributed by atoms with Gasteiger partial charge in [0.15, 0.2) is 0 Å². The number of ether oxygens (including phenoxy) is 1. The molecule has 0 atom stereocenters. The summed E-state index contributed by atoms with van der Waals surface area (Å²) in [5, 5.41) is 6.50. The molecule has 1 aromatic heterocycles. The number of esters is 1. The molecule has 0 unspecified atom stereocenters. The summed E-state index contributed by atoms with van der Waals surface area (Å²) in [4.78, 5) is 28.9. The Hall–Kier alpha value is -3.38. The van der Waals surface area contributed by atoms with Crippen LogP contribution < -0.4 is 10.6 Å². The average Bonchev–Trinajstić information content (AvgIpc) is 2.70. The van der Waals surface area contributed by atoms with E-state index in [-0.39, 0.29) is 12.5 Å². The van der Waals surface area contributed by atoms with Crippen molar-refractivity contribution in [2.45, 2.75) is 6.92 Å². The van der Waals surface area contributed by atoms with Gasteiger partial charge in [-0.15, -0.1) is 0 Å². The van der Waals surface area contributed by atoms with E-state index in [2.05, 4.69) is 15.6 Å². The first-order chi connectivity index (χ1) is 13.6. The summed E-state index contributed by atoms with van der Waals surface area (Å²) < 4.78 is 5.03. The van der Waals surface area contributed by atoms with Crippen molar-refractivity contribution in [3.05, 3.63) is 83.0 Å². The minimum Gasteiger partial charge on any atom is -0.462 e. The van der Waals surface area contributed by atoms with E-state index in [0.29, 0.717) is 27.7 Å². The van der Waals surface area contributed by atoms with Crippen molar-refractivity contribution in [1.82, 2.24) is 4.98 Å². The van der Waals surface area contributed by atoms with Crippen LogP contribution in [-0.4, -0.2) is 23.5 Å². The summed E-state index contributed by atoms with van der Waals surface area (Å²) in [6.07, 6.45) is 1.53. The molecule has 0 aliphatic carbocycles. The van der Waals surface area contributed by atoms with Gasteiger partial charge in [-0.3, -0.25) is 4.79 Å². The molecular formula is C21H18ClN3O3. The minimum atomic E-state index is -0.488. The first kappa shape index (κ1) is 19.4. The summed E-state index contributed by atoms with van der Waals surface area (Å²) >= 11 is 5.88. The van der Waals surface area contributed by atoms with E-state index in [1.165, 1.54) is 6.20 Å². The number of carbonyl (C=O) groups excluding carboxylic acids is 2. The van der Waals surface area contributed by atoms with Gasteiger partial charge in [0.25, 0.3) is 5.91 Å². The largest absolute Gasteiger partial charge is 0.462 e. The quantitative estimate of drug-likeness (QED) is 0.580. The Balaban J connectivity index is 1.77. The topological polar surface area (TPSA) is 80.3 Å². The second-order valence-corrected chi connectivity index (χ2v) is 6.22. The van der Waals surface area contributed by atoms with Gasteiger partial charge in [-0.25, -0.2) is 9.78 Å². The number of para-hydroxylation sites is 1. The Labute approximate surface area is 167 Å². The molecule has 6 nitrogen and oxygen atoms in total. The van der Waals surface area contributed by atoms with Crippen molar-refractivity contribution in [3.8, 4) is 0 Å². The van der Waals surface area contributed by atoms with Crippen LogP contribution in [0.4, 0.5) is 17.2 Å². The molecule has 0 aliphatic rings. The predicted molar refractivity (Wildman–Crippen MR) is 109 cm³/mol. The third-order valence-corrected chi connectivity index (χ3v) is 4.06. The van der Waals surface area contributed by atoms with Gasteiger partial charge in [0.05, 0.1) is 17.9 Å². The minimum absolute atomic E-state index is 0.255. The molecule has 0 bridgehead atoms. The number of nitrogens with zero attached hydrogens (tertiary/aromatic N) is 1. The molecule has 0 saturated heterocycles. The van der Waals surface area contributed by atoms with Crippen LogP contribution in [0.25, 0.3) is 0 Å². The number of amides is 1. The standard InChI is InChI=1S/C21H18ClN3O3/c1-2-28-21(27)17-5-3-4-6-18(17)25-20(26)14-11-12-23-19(13-14)24-16-9-7-15(22)8-10-16/h3-13H,2H2,1H3,(H,23,24)(H,25,26). The number of pyridine rings is 1. The molecule has 7 heteroatoms. The monoisotopic (exact) mass is 395 g/mol. The van der Waals surface area contributed by atoms with Gasteiger partial charge in [0.1, 0.15) is 5.82 Å². The van der Waals surface area contributed by atoms with Crippen LogP contribution >= 0.6 is 11.6 Å². The lowest BCUT2D eigenvalue weighted by Gasteiger charge is -2.11. The van der Waals surface area contributed by atoms with E-state index < -0.39 is 5.97 Å². The fourth-order valence-corrected chi connectivity index (χ4v) is 2.62. The number of benzene rings is 2. The molecule has 2 N–H and O–H groups in total. The Bertz CT molecular complexity index is 990. The molecule has 0 fully saturated rings. The predicted octanol–water partition coefficient (Wildman–Crippen LogP) is 4.91. The molecule has 142 valence electrons. The molecule has 28 heavy (non-hydrogen) atoms. The van der Waals surface area contributed by atoms with Gasteiger partial charge < -0.3 is 15.4 Å². The van der Waals surface area contributed by atoms with Gasteiger partial charge in [-0.2, -0.15) is 0 Å². The van der Waals surface area contributed by atoms with Crippen LogP contribution in [0.5, 0.6) is 0 Å². The summed E-state index contributed by atoms with van der Waals surface area (Å²) in [6, 6.07) is 17.1. The Morgan fingerprint density at radius 3 is 2.57 bits per heavy atom. The maximum absolute atomic E-state index is 12.7. The van der Waals surface area contributed by atoms with E-state index in [0.717, 1.165) is 5.69 Å². The number of carbonyl (C=O) groups is 2. The molecular weight excluding hydrogens is 378 g/mol. The molecule has 3 rings (SSSR count). The number of hydrogen-bond acceptors (Lipinski definition) is 5. The first-order valence-electron chi connectivity index (χ1n) is 8.63. The van der Waals surface area contributed by atoms with Crippen LogP contribution in [0.1, 0.15) is 27.6 Å². The number of hydrogen-bond donors (Lipinski definition) is 2. The van der Waals surface area contributed by atoms with Crippen molar-refractivity contribution in [2.75, 3.05) is 17.2 Å². The van der Waals surface area contributed by atoms with Crippen molar-refractivity contribution in [3.63, 3.8) is 0 Å². The zero-order valence-corrected chi connectivity index (χ0v) is 15.9. The third-order valence-electron chi connectivity index (χ3n) is 3.81. The second kappa shape index (κ2) is 9.01. The first-order valence-corrected chi connectivity index (χ1v) is 9.00. The van der Waals surface area contributed by atoms with Gasteiger partial charge in [-0.1, -0.05) is 23.7 Å². The number of aromatic nitrogens is 1. The Kier molecular flexibility index (Phi) is 6.24. The summed E-state index contributed by atoms with van der Waals surface area (Å²) in [5.74, 6) is -0.342. The van der Waals surface area contributed by atoms with E-state index >= 15 is 0 Å². The third kappa shape index (κ3) is 4.86. The maximum atomic E-state index is 12.7. The summed E-state index contributed by atoms with van der Waals surface area (Å²) in [5.41, 5.74) is 1.87. The average molecular weight is 396 g/mol. The molecule has 1 amide bonds. The zero-order chi connectivity index (χ0) is 19.9.